The number of hydrogen-bond donors (Lipinski definition) is 2. The summed E-state index contributed by atoms with van der Waals surface area (Å²) < 4.78 is 14.1. The molecule has 3 aromatic rings. The van der Waals surface area contributed by atoms with Crippen molar-refractivity contribution in [3.05, 3.63) is 93.8 Å². The Bertz CT molecular complexity index is 953. The number of aliphatic imine (C=N–C) groups is 1. The molecule has 5 heteroatoms. The summed E-state index contributed by atoms with van der Waals surface area (Å²) in [6.45, 7) is 1.95. The molecule has 1 unspecified atom stereocenters. The highest BCUT2D eigenvalue weighted by Gasteiger charge is 2.16. The van der Waals surface area contributed by atoms with E-state index >= 15 is 0 Å². The molecule has 3 nitrogen and oxygen atoms in total. The number of phenolic OH excluding ortho intramolecular Hbond substituents is 2. The Kier molecular flexibility index (Phi) is 5.77. The topological polar surface area (TPSA) is 52.8 Å². The average Bonchev–Trinajstić information content (AvgIpc) is 2.67. The number of hydrogen-bond acceptors (Lipinski definition) is 3. The molecule has 0 spiro atoms. The predicted octanol–water partition coefficient (Wildman–Crippen LogP) is 5.66. The highest BCUT2D eigenvalue weighted by molar-refractivity contribution is 6.31. The third-order valence-corrected chi connectivity index (χ3v) is 4.78. The first-order valence-electron chi connectivity index (χ1n) is 8.52. The van der Waals surface area contributed by atoms with Crippen LogP contribution in [0, 0.1) is 5.82 Å². The van der Waals surface area contributed by atoms with Gasteiger partial charge in [0.25, 0.3) is 0 Å². The van der Waals surface area contributed by atoms with Crippen LogP contribution in [-0.2, 0) is 6.42 Å². The van der Waals surface area contributed by atoms with Gasteiger partial charge in [0.1, 0.15) is 17.3 Å². The van der Waals surface area contributed by atoms with Gasteiger partial charge in [-0.15, -0.1) is 0 Å². The molecule has 1 atom stereocenters. The van der Waals surface area contributed by atoms with E-state index in [1.54, 1.807) is 18.3 Å². The maximum atomic E-state index is 14.1. The van der Waals surface area contributed by atoms with Crippen molar-refractivity contribution < 1.29 is 14.6 Å². The summed E-state index contributed by atoms with van der Waals surface area (Å²) in [4.78, 5) is 4.47. The van der Waals surface area contributed by atoms with Crippen molar-refractivity contribution in [2.24, 2.45) is 4.99 Å². The standard InChI is InChI=1S/C22H19ClFNO2/c1-14(15-6-3-2-4-7-15)25-13-16-10-11-21(26)18(22(16)27)12-17-19(23)8-5-9-20(17)24/h2-11,13-14,26-27H,12H2,1H3/b25-13+. The molecule has 138 valence electrons. The van der Waals surface area contributed by atoms with E-state index in [9.17, 15) is 14.6 Å². The number of nitrogens with zero attached hydrogens (tertiary/aromatic N) is 1. The highest BCUT2D eigenvalue weighted by atomic mass is 35.5. The number of benzene rings is 3. The van der Waals surface area contributed by atoms with Crippen LogP contribution in [0.15, 0.2) is 65.7 Å². The van der Waals surface area contributed by atoms with Crippen molar-refractivity contribution in [3.63, 3.8) is 0 Å². The summed E-state index contributed by atoms with van der Waals surface area (Å²) in [6.07, 6.45) is 1.53. The van der Waals surface area contributed by atoms with Crippen molar-refractivity contribution in [3.8, 4) is 11.5 Å². The summed E-state index contributed by atoms with van der Waals surface area (Å²) in [6, 6.07) is 17.1. The van der Waals surface area contributed by atoms with Crippen molar-refractivity contribution >= 4 is 17.8 Å². The molecule has 0 bridgehead atoms. The Morgan fingerprint density at radius 1 is 1.00 bits per heavy atom. The van der Waals surface area contributed by atoms with Crippen molar-refractivity contribution in [2.45, 2.75) is 19.4 Å². The van der Waals surface area contributed by atoms with E-state index in [4.69, 9.17) is 11.6 Å². The van der Waals surface area contributed by atoms with Crippen molar-refractivity contribution in [1.82, 2.24) is 0 Å². The van der Waals surface area contributed by atoms with E-state index < -0.39 is 5.82 Å². The van der Waals surface area contributed by atoms with Gasteiger partial charge in [0.05, 0.1) is 6.04 Å². The molecular formula is C22H19ClFNO2. The molecule has 0 aliphatic heterocycles. The summed E-state index contributed by atoms with van der Waals surface area (Å²) in [5, 5.41) is 21.0. The van der Waals surface area contributed by atoms with Crippen molar-refractivity contribution in [2.75, 3.05) is 0 Å². The Morgan fingerprint density at radius 2 is 1.74 bits per heavy atom. The van der Waals surface area contributed by atoms with Crippen LogP contribution in [0.2, 0.25) is 5.02 Å². The fourth-order valence-electron chi connectivity index (χ4n) is 2.81. The fourth-order valence-corrected chi connectivity index (χ4v) is 3.04. The van der Waals surface area contributed by atoms with Crippen LogP contribution in [0.1, 0.15) is 35.2 Å². The molecular weight excluding hydrogens is 365 g/mol. The first kappa shape index (κ1) is 18.9. The van der Waals surface area contributed by atoms with Crippen LogP contribution in [-0.4, -0.2) is 16.4 Å². The summed E-state index contributed by atoms with van der Waals surface area (Å²) in [5.41, 5.74) is 1.92. The number of halogens is 2. The largest absolute Gasteiger partial charge is 0.508 e. The van der Waals surface area contributed by atoms with E-state index in [1.807, 2.05) is 37.3 Å². The van der Waals surface area contributed by atoms with Gasteiger partial charge in [-0.3, -0.25) is 4.99 Å². The lowest BCUT2D eigenvalue weighted by Crippen LogP contribution is -1.98. The Morgan fingerprint density at radius 3 is 2.44 bits per heavy atom. The second-order valence-corrected chi connectivity index (χ2v) is 6.65. The molecule has 2 N–H and O–H groups in total. The zero-order valence-corrected chi connectivity index (χ0v) is 15.5. The van der Waals surface area contributed by atoms with Gasteiger partial charge in [0, 0.05) is 34.3 Å². The monoisotopic (exact) mass is 383 g/mol. The van der Waals surface area contributed by atoms with Crippen LogP contribution in [0.5, 0.6) is 11.5 Å². The molecule has 0 heterocycles. The minimum absolute atomic E-state index is 0.0287. The van der Waals surface area contributed by atoms with E-state index in [1.165, 1.54) is 18.2 Å². The zero-order chi connectivity index (χ0) is 19.4. The summed E-state index contributed by atoms with van der Waals surface area (Å²) >= 11 is 6.06. The van der Waals surface area contributed by atoms with Gasteiger partial charge in [-0.2, -0.15) is 0 Å². The summed E-state index contributed by atoms with van der Waals surface area (Å²) in [5.74, 6) is -0.753. The zero-order valence-electron chi connectivity index (χ0n) is 14.7. The second-order valence-electron chi connectivity index (χ2n) is 6.24. The molecule has 27 heavy (non-hydrogen) atoms. The van der Waals surface area contributed by atoms with Gasteiger partial charge < -0.3 is 10.2 Å². The van der Waals surface area contributed by atoms with Gasteiger partial charge >= 0.3 is 0 Å². The number of aromatic hydroxyl groups is 2. The maximum absolute atomic E-state index is 14.1. The first-order valence-corrected chi connectivity index (χ1v) is 8.90. The smallest absolute Gasteiger partial charge is 0.131 e. The molecule has 3 aromatic carbocycles. The number of phenols is 2. The minimum atomic E-state index is -0.488. The Labute approximate surface area is 162 Å². The van der Waals surface area contributed by atoms with E-state index in [0.717, 1.165) is 5.56 Å². The van der Waals surface area contributed by atoms with Gasteiger partial charge in [0.15, 0.2) is 0 Å². The molecule has 0 fully saturated rings. The SMILES string of the molecule is CC(/N=C/c1ccc(O)c(Cc2c(F)cccc2Cl)c1O)c1ccccc1. The molecule has 0 radical (unpaired) electrons. The third kappa shape index (κ3) is 4.29. The fraction of sp³-hybridized carbons (Fsp3) is 0.136. The van der Waals surface area contributed by atoms with Gasteiger partial charge in [-0.1, -0.05) is 48.0 Å². The predicted molar refractivity (Wildman–Crippen MR) is 106 cm³/mol. The van der Waals surface area contributed by atoms with Gasteiger partial charge in [-0.05, 0) is 36.8 Å². The first-order chi connectivity index (χ1) is 13.0. The molecule has 0 saturated carbocycles. The summed E-state index contributed by atoms with van der Waals surface area (Å²) in [7, 11) is 0. The lowest BCUT2D eigenvalue weighted by Gasteiger charge is -2.12. The molecule has 0 aliphatic rings. The van der Waals surface area contributed by atoms with Crippen LogP contribution >= 0.6 is 11.6 Å². The second kappa shape index (κ2) is 8.23. The number of rotatable bonds is 5. The normalized spacial score (nSPS) is 12.4. The molecule has 0 amide bonds. The van der Waals surface area contributed by atoms with Crippen LogP contribution < -0.4 is 0 Å². The Hall–Kier alpha value is -2.85. The van der Waals surface area contributed by atoms with Gasteiger partial charge in [0.2, 0.25) is 0 Å². The van der Waals surface area contributed by atoms with E-state index in [0.29, 0.717) is 5.56 Å². The average molecular weight is 384 g/mol. The lowest BCUT2D eigenvalue weighted by molar-refractivity contribution is 0.439. The molecule has 0 saturated heterocycles. The molecule has 0 aromatic heterocycles. The van der Waals surface area contributed by atoms with Gasteiger partial charge in [-0.25, -0.2) is 4.39 Å². The molecule has 0 aliphatic carbocycles. The maximum Gasteiger partial charge on any atom is 0.131 e. The van der Waals surface area contributed by atoms with Crippen LogP contribution in [0.3, 0.4) is 0 Å². The van der Waals surface area contributed by atoms with E-state index in [-0.39, 0.29) is 40.1 Å². The van der Waals surface area contributed by atoms with Crippen molar-refractivity contribution in [1.29, 1.82) is 0 Å². The third-order valence-electron chi connectivity index (χ3n) is 4.42. The minimum Gasteiger partial charge on any atom is -0.508 e. The van der Waals surface area contributed by atoms with E-state index in [2.05, 4.69) is 4.99 Å². The van der Waals surface area contributed by atoms with Crippen LogP contribution in [0.25, 0.3) is 0 Å². The Balaban J connectivity index is 1.91. The highest BCUT2D eigenvalue weighted by Crippen LogP contribution is 2.34. The lowest BCUT2D eigenvalue weighted by atomic mass is 10.00. The van der Waals surface area contributed by atoms with Crippen LogP contribution in [0.4, 0.5) is 4.39 Å². The quantitative estimate of drug-likeness (QED) is 0.558. The molecule has 3 rings (SSSR count).